The van der Waals surface area contributed by atoms with Crippen molar-refractivity contribution in [3.05, 3.63) is 12.2 Å². The summed E-state index contributed by atoms with van der Waals surface area (Å²) in [6.07, 6.45) is 9.99. The predicted molar refractivity (Wildman–Crippen MR) is 74.3 cm³/mol. The monoisotopic (exact) mass is 241 g/mol. The van der Waals surface area contributed by atoms with E-state index in [0.29, 0.717) is 6.04 Å². The third-order valence-corrected chi connectivity index (χ3v) is 3.17. The molecule has 0 spiro atoms. The van der Waals surface area contributed by atoms with Crippen molar-refractivity contribution in [2.75, 3.05) is 25.1 Å². The Kier molecular flexibility index (Phi) is 7.14. The first-order valence-corrected chi connectivity index (χ1v) is 7.45. The van der Waals surface area contributed by atoms with Crippen LogP contribution in [0.3, 0.4) is 0 Å². The van der Waals surface area contributed by atoms with Crippen molar-refractivity contribution in [2.24, 2.45) is 4.99 Å². The van der Waals surface area contributed by atoms with E-state index < -0.39 is 0 Å². The summed E-state index contributed by atoms with van der Waals surface area (Å²) in [5, 5.41) is 6.75. The van der Waals surface area contributed by atoms with Crippen molar-refractivity contribution in [1.29, 1.82) is 0 Å². The topological polar surface area (TPSA) is 36.4 Å². The number of aliphatic imine (C=N–C) groups is 1. The van der Waals surface area contributed by atoms with Crippen molar-refractivity contribution in [2.45, 2.75) is 32.2 Å². The second-order valence-electron chi connectivity index (χ2n) is 3.89. The van der Waals surface area contributed by atoms with E-state index in [9.17, 15) is 0 Å². The highest BCUT2D eigenvalue weighted by atomic mass is 32.2. The molecule has 0 atom stereocenters. The second-order valence-corrected chi connectivity index (χ2v) is 4.88. The molecular formula is C12H23N3S. The lowest BCUT2D eigenvalue weighted by molar-refractivity contribution is 0.633. The van der Waals surface area contributed by atoms with Crippen LogP contribution in [-0.4, -0.2) is 37.1 Å². The summed E-state index contributed by atoms with van der Waals surface area (Å²) in [5.74, 6) is 2.16. The standard InChI is InChI=1S/C12H23N3S/c1-3-13-12(14-9-6-10-16-2)15-11-7-4-5-8-11/h4-5,11H,3,6-10H2,1-2H3,(H2,13,14,15). The zero-order valence-corrected chi connectivity index (χ0v) is 11.1. The van der Waals surface area contributed by atoms with Crippen LogP contribution in [0.25, 0.3) is 0 Å². The van der Waals surface area contributed by atoms with E-state index >= 15 is 0 Å². The molecule has 0 heterocycles. The molecule has 4 heteroatoms. The molecule has 0 aromatic rings. The van der Waals surface area contributed by atoms with Crippen LogP contribution in [0, 0.1) is 0 Å². The van der Waals surface area contributed by atoms with Gasteiger partial charge in [-0.25, -0.2) is 0 Å². The van der Waals surface area contributed by atoms with E-state index in [1.54, 1.807) is 0 Å². The number of nitrogens with one attached hydrogen (secondary N) is 2. The molecule has 0 unspecified atom stereocenters. The minimum atomic E-state index is 0.540. The van der Waals surface area contributed by atoms with Gasteiger partial charge in [0, 0.05) is 19.1 Å². The fourth-order valence-corrected chi connectivity index (χ4v) is 2.07. The Morgan fingerprint density at radius 2 is 2.19 bits per heavy atom. The third kappa shape index (κ3) is 5.45. The molecule has 3 nitrogen and oxygen atoms in total. The van der Waals surface area contributed by atoms with Crippen LogP contribution in [-0.2, 0) is 0 Å². The van der Waals surface area contributed by atoms with Gasteiger partial charge >= 0.3 is 0 Å². The maximum Gasteiger partial charge on any atom is 0.191 e. The maximum absolute atomic E-state index is 4.57. The Balaban J connectivity index is 2.27. The molecule has 0 aromatic carbocycles. The zero-order chi connectivity index (χ0) is 11.6. The molecule has 16 heavy (non-hydrogen) atoms. The van der Waals surface area contributed by atoms with Gasteiger partial charge < -0.3 is 10.6 Å². The van der Waals surface area contributed by atoms with E-state index in [2.05, 4.69) is 41.0 Å². The molecule has 0 bridgehead atoms. The number of nitrogens with zero attached hydrogens (tertiary/aromatic N) is 1. The van der Waals surface area contributed by atoms with Gasteiger partial charge in [0.1, 0.15) is 0 Å². The minimum absolute atomic E-state index is 0.540. The SMILES string of the molecule is CCNC(=NCCCSC)NC1CC=CC1. The lowest BCUT2D eigenvalue weighted by atomic mass is 10.2. The van der Waals surface area contributed by atoms with Crippen molar-refractivity contribution < 1.29 is 0 Å². The molecule has 0 radical (unpaired) electrons. The van der Waals surface area contributed by atoms with E-state index in [1.807, 2.05) is 11.8 Å². The van der Waals surface area contributed by atoms with Gasteiger partial charge in [-0.15, -0.1) is 0 Å². The van der Waals surface area contributed by atoms with Gasteiger partial charge in [0.25, 0.3) is 0 Å². The number of rotatable bonds is 6. The fourth-order valence-electron chi connectivity index (χ4n) is 1.65. The normalized spacial score (nSPS) is 16.8. The average Bonchev–Trinajstić information content (AvgIpc) is 2.77. The van der Waals surface area contributed by atoms with Gasteiger partial charge in [-0.1, -0.05) is 12.2 Å². The molecule has 0 saturated heterocycles. The highest BCUT2D eigenvalue weighted by molar-refractivity contribution is 7.98. The lowest BCUT2D eigenvalue weighted by Gasteiger charge is -2.16. The first-order valence-electron chi connectivity index (χ1n) is 6.05. The van der Waals surface area contributed by atoms with E-state index in [0.717, 1.165) is 38.3 Å². The quantitative estimate of drug-likeness (QED) is 0.323. The smallest absolute Gasteiger partial charge is 0.191 e. The highest BCUT2D eigenvalue weighted by Crippen LogP contribution is 2.08. The number of hydrogen-bond donors (Lipinski definition) is 2. The molecule has 1 aliphatic carbocycles. The lowest BCUT2D eigenvalue weighted by Crippen LogP contribution is -2.42. The second kappa shape index (κ2) is 8.50. The molecule has 0 fully saturated rings. The van der Waals surface area contributed by atoms with Crippen molar-refractivity contribution in [3.8, 4) is 0 Å². The zero-order valence-electron chi connectivity index (χ0n) is 10.3. The average molecular weight is 241 g/mol. The van der Waals surface area contributed by atoms with E-state index in [4.69, 9.17) is 0 Å². The summed E-state index contributed by atoms with van der Waals surface area (Å²) >= 11 is 1.88. The Bertz CT molecular complexity index is 230. The first kappa shape index (κ1) is 13.4. The molecule has 1 aliphatic rings. The third-order valence-electron chi connectivity index (χ3n) is 2.47. The minimum Gasteiger partial charge on any atom is -0.357 e. The number of thioether (sulfide) groups is 1. The van der Waals surface area contributed by atoms with Crippen LogP contribution in [0.2, 0.25) is 0 Å². The molecule has 1 rings (SSSR count). The van der Waals surface area contributed by atoms with Gasteiger partial charge in [0.15, 0.2) is 5.96 Å². The Hall–Kier alpha value is -0.640. The van der Waals surface area contributed by atoms with Crippen LogP contribution in [0.5, 0.6) is 0 Å². The maximum atomic E-state index is 4.57. The van der Waals surface area contributed by atoms with Gasteiger partial charge in [-0.3, -0.25) is 4.99 Å². The van der Waals surface area contributed by atoms with Crippen molar-refractivity contribution in [1.82, 2.24) is 10.6 Å². The largest absolute Gasteiger partial charge is 0.357 e. The van der Waals surface area contributed by atoms with E-state index in [1.165, 1.54) is 5.75 Å². The fraction of sp³-hybridized carbons (Fsp3) is 0.750. The molecule has 92 valence electrons. The molecule has 0 aliphatic heterocycles. The van der Waals surface area contributed by atoms with Gasteiger partial charge in [-0.2, -0.15) is 11.8 Å². The Labute approximate surface area is 103 Å². The molecule has 2 N–H and O–H groups in total. The van der Waals surface area contributed by atoms with Crippen LogP contribution < -0.4 is 10.6 Å². The van der Waals surface area contributed by atoms with Crippen molar-refractivity contribution >= 4 is 17.7 Å². The molecular weight excluding hydrogens is 218 g/mol. The summed E-state index contributed by atoms with van der Waals surface area (Å²) < 4.78 is 0. The summed E-state index contributed by atoms with van der Waals surface area (Å²) in [6.45, 7) is 3.94. The first-order chi connectivity index (χ1) is 7.86. The van der Waals surface area contributed by atoms with Gasteiger partial charge in [-0.05, 0) is 38.2 Å². The number of guanidine groups is 1. The Morgan fingerprint density at radius 3 is 2.81 bits per heavy atom. The summed E-state index contributed by atoms with van der Waals surface area (Å²) in [6, 6.07) is 0.540. The van der Waals surface area contributed by atoms with Crippen molar-refractivity contribution in [3.63, 3.8) is 0 Å². The number of hydrogen-bond acceptors (Lipinski definition) is 2. The van der Waals surface area contributed by atoms with Gasteiger partial charge in [0.05, 0.1) is 0 Å². The van der Waals surface area contributed by atoms with Crippen LogP contribution >= 0.6 is 11.8 Å². The highest BCUT2D eigenvalue weighted by Gasteiger charge is 2.10. The van der Waals surface area contributed by atoms with Crippen LogP contribution in [0.4, 0.5) is 0 Å². The summed E-state index contributed by atoms with van der Waals surface area (Å²) in [4.78, 5) is 4.57. The molecule has 0 amide bonds. The van der Waals surface area contributed by atoms with E-state index in [-0.39, 0.29) is 0 Å². The van der Waals surface area contributed by atoms with Gasteiger partial charge in [0.2, 0.25) is 0 Å². The summed E-state index contributed by atoms with van der Waals surface area (Å²) in [7, 11) is 0. The van der Waals surface area contributed by atoms with Crippen LogP contribution in [0.1, 0.15) is 26.2 Å². The predicted octanol–water partition coefficient (Wildman–Crippen LogP) is 2.01. The summed E-state index contributed by atoms with van der Waals surface area (Å²) in [5.41, 5.74) is 0. The Morgan fingerprint density at radius 1 is 1.44 bits per heavy atom. The van der Waals surface area contributed by atoms with Crippen LogP contribution in [0.15, 0.2) is 17.1 Å². The molecule has 0 aromatic heterocycles. The molecule has 0 saturated carbocycles.